The van der Waals surface area contributed by atoms with E-state index in [0.29, 0.717) is 17.8 Å². The van der Waals surface area contributed by atoms with E-state index in [9.17, 15) is 4.79 Å². The van der Waals surface area contributed by atoms with Gasteiger partial charge in [-0.3, -0.25) is 4.79 Å². The van der Waals surface area contributed by atoms with Crippen LogP contribution in [-0.4, -0.2) is 4.98 Å². The molecule has 0 bridgehead atoms. The minimum atomic E-state index is 0.106. The van der Waals surface area contributed by atoms with Crippen molar-refractivity contribution in [2.75, 3.05) is 0 Å². The highest BCUT2D eigenvalue weighted by Crippen LogP contribution is 2.37. The fraction of sp³-hybridized carbons (Fsp3) is 0.643. The lowest BCUT2D eigenvalue weighted by Crippen LogP contribution is -2.22. The van der Waals surface area contributed by atoms with Crippen LogP contribution in [0.15, 0.2) is 10.9 Å². The van der Waals surface area contributed by atoms with Gasteiger partial charge >= 0.3 is 0 Å². The molecule has 1 aromatic rings. The van der Waals surface area contributed by atoms with Crippen LogP contribution in [0.2, 0.25) is 0 Å². The van der Waals surface area contributed by atoms with E-state index in [1.54, 1.807) is 0 Å². The van der Waals surface area contributed by atoms with Crippen molar-refractivity contribution in [3.8, 4) is 0 Å². The lowest BCUT2D eigenvalue weighted by atomic mass is 9.80. The number of aromatic amines is 1. The van der Waals surface area contributed by atoms with Crippen LogP contribution in [0, 0.1) is 0 Å². The number of hydrogen-bond donors (Lipinski definition) is 1. The highest BCUT2D eigenvalue weighted by atomic mass is 16.1. The topological polar surface area (TPSA) is 32.9 Å². The van der Waals surface area contributed by atoms with Gasteiger partial charge in [0.25, 0.3) is 5.56 Å². The Morgan fingerprint density at radius 2 is 1.88 bits per heavy atom. The van der Waals surface area contributed by atoms with Gasteiger partial charge in [-0.15, -0.1) is 0 Å². The SMILES string of the molecule is CC(C)c1cc2c([nH]c1=O)C(C)CCC2C. The second kappa shape index (κ2) is 4.08. The predicted octanol–water partition coefficient (Wildman–Crippen LogP) is 3.50. The highest BCUT2D eigenvalue weighted by molar-refractivity contribution is 5.33. The number of fused-ring (bicyclic) bond motifs is 1. The number of aromatic nitrogens is 1. The lowest BCUT2D eigenvalue weighted by molar-refractivity contribution is 0.511. The Labute approximate surface area is 97.1 Å². The summed E-state index contributed by atoms with van der Waals surface area (Å²) in [5.41, 5.74) is 3.57. The fourth-order valence-corrected chi connectivity index (χ4v) is 2.62. The number of nitrogens with one attached hydrogen (secondary N) is 1. The third-order valence-electron chi connectivity index (χ3n) is 3.81. The van der Waals surface area contributed by atoms with Gasteiger partial charge in [0.1, 0.15) is 0 Å². The van der Waals surface area contributed by atoms with Crippen molar-refractivity contribution in [1.82, 2.24) is 4.98 Å². The maximum Gasteiger partial charge on any atom is 0.251 e. The van der Waals surface area contributed by atoms with Crippen molar-refractivity contribution in [1.29, 1.82) is 0 Å². The number of H-pyrrole nitrogens is 1. The molecule has 0 radical (unpaired) electrons. The van der Waals surface area contributed by atoms with Crippen molar-refractivity contribution >= 4 is 0 Å². The molecule has 16 heavy (non-hydrogen) atoms. The van der Waals surface area contributed by atoms with Crippen molar-refractivity contribution in [3.63, 3.8) is 0 Å². The van der Waals surface area contributed by atoms with E-state index in [0.717, 1.165) is 5.56 Å². The van der Waals surface area contributed by atoms with Gasteiger partial charge in [0.15, 0.2) is 0 Å². The summed E-state index contributed by atoms with van der Waals surface area (Å²) in [4.78, 5) is 15.0. The standard InChI is InChI=1S/C14H21NO/c1-8(2)11-7-12-9(3)5-6-10(4)13(12)15-14(11)16/h7-10H,5-6H2,1-4H3,(H,15,16). The Morgan fingerprint density at radius 1 is 1.25 bits per heavy atom. The van der Waals surface area contributed by atoms with Crippen LogP contribution in [0.5, 0.6) is 0 Å². The smallest absolute Gasteiger partial charge is 0.251 e. The molecule has 0 spiro atoms. The Bertz CT molecular complexity index is 445. The van der Waals surface area contributed by atoms with Gasteiger partial charge in [0, 0.05) is 11.3 Å². The molecule has 2 atom stereocenters. The zero-order chi connectivity index (χ0) is 11.9. The minimum absolute atomic E-state index is 0.106. The molecule has 1 N–H and O–H groups in total. The molecule has 2 heteroatoms. The van der Waals surface area contributed by atoms with E-state index in [2.05, 4.69) is 38.7 Å². The average molecular weight is 219 g/mol. The molecule has 0 amide bonds. The monoisotopic (exact) mass is 219 g/mol. The van der Waals surface area contributed by atoms with Gasteiger partial charge in [-0.2, -0.15) is 0 Å². The van der Waals surface area contributed by atoms with Crippen LogP contribution < -0.4 is 5.56 Å². The molecule has 0 aromatic carbocycles. The third kappa shape index (κ3) is 1.81. The molecule has 0 saturated carbocycles. The normalized spacial score (nSPS) is 24.6. The lowest BCUT2D eigenvalue weighted by Gasteiger charge is -2.27. The Balaban J connectivity index is 2.59. The zero-order valence-electron chi connectivity index (χ0n) is 10.6. The van der Waals surface area contributed by atoms with Crippen molar-refractivity contribution in [2.45, 2.75) is 58.3 Å². The van der Waals surface area contributed by atoms with E-state index in [1.807, 2.05) is 0 Å². The van der Waals surface area contributed by atoms with E-state index >= 15 is 0 Å². The summed E-state index contributed by atoms with van der Waals surface area (Å²) in [5.74, 6) is 1.39. The summed E-state index contributed by atoms with van der Waals surface area (Å²) in [7, 11) is 0. The summed E-state index contributed by atoms with van der Waals surface area (Å²) in [6, 6.07) is 2.14. The maximum absolute atomic E-state index is 11.9. The fourth-order valence-electron chi connectivity index (χ4n) is 2.62. The van der Waals surface area contributed by atoms with Crippen LogP contribution in [0.3, 0.4) is 0 Å². The molecule has 1 aliphatic carbocycles. The van der Waals surface area contributed by atoms with Crippen LogP contribution in [0.4, 0.5) is 0 Å². The largest absolute Gasteiger partial charge is 0.325 e. The average Bonchev–Trinajstić information content (AvgIpc) is 2.23. The molecule has 1 aliphatic rings. The van der Waals surface area contributed by atoms with E-state index in [4.69, 9.17) is 0 Å². The summed E-state index contributed by atoms with van der Waals surface area (Å²) < 4.78 is 0. The van der Waals surface area contributed by atoms with E-state index in [-0.39, 0.29) is 5.56 Å². The Morgan fingerprint density at radius 3 is 2.50 bits per heavy atom. The van der Waals surface area contributed by atoms with E-state index < -0.39 is 0 Å². The molecule has 0 fully saturated rings. The van der Waals surface area contributed by atoms with Crippen LogP contribution in [-0.2, 0) is 0 Å². The molecular formula is C14H21NO. The molecular weight excluding hydrogens is 198 g/mol. The summed E-state index contributed by atoms with van der Waals surface area (Å²) in [5, 5.41) is 0. The summed E-state index contributed by atoms with van der Waals surface area (Å²) in [6.45, 7) is 8.62. The first-order valence-corrected chi connectivity index (χ1v) is 6.27. The number of pyridine rings is 1. The van der Waals surface area contributed by atoms with Gasteiger partial charge in [0.05, 0.1) is 0 Å². The molecule has 0 saturated heterocycles. The Hall–Kier alpha value is -1.05. The van der Waals surface area contributed by atoms with Crippen molar-refractivity contribution in [2.24, 2.45) is 0 Å². The van der Waals surface area contributed by atoms with Gasteiger partial charge in [0.2, 0.25) is 0 Å². The third-order valence-corrected chi connectivity index (χ3v) is 3.81. The van der Waals surface area contributed by atoms with Gasteiger partial charge < -0.3 is 4.98 Å². The second-order valence-electron chi connectivity index (χ2n) is 5.46. The first kappa shape index (κ1) is 11.4. The number of hydrogen-bond acceptors (Lipinski definition) is 1. The highest BCUT2D eigenvalue weighted by Gasteiger charge is 2.24. The zero-order valence-corrected chi connectivity index (χ0v) is 10.6. The van der Waals surface area contributed by atoms with Crippen molar-refractivity contribution in [3.05, 3.63) is 33.2 Å². The maximum atomic E-state index is 11.9. The van der Waals surface area contributed by atoms with Crippen LogP contribution in [0.1, 0.15) is 75.1 Å². The molecule has 2 unspecified atom stereocenters. The van der Waals surface area contributed by atoms with Gasteiger partial charge in [-0.05, 0) is 42.2 Å². The molecule has 0 aliphatic heterocycles. The summed E-state index contributed by atoms with van der Waals surface area (Å²) in [6.07, 6.45) is 2.42. The predicted molar refractivity (Wildman–Crippen MR) is 67.2 cm³/mol. The number of rotatable bonds is 1. The van der Waals surface area contributed by atoms with E-state index in [1.165, 1.54) is 24.1 Å². The Kier molecular flexibility index (Phi) is 2.92. The van der Waals surface area contributed by atoms with Crippen molar-refractivity contribution < 1.29 is 0 Å². The second-order valence-corrected chi connectivity index (χ2v) is 5.46. The molecule has 2 nitrogen and oxygen atoms in total. The van der Waals surface area contributed by atoms with Gasteiger partial charge in [-0.1, -0.05) is 27.7 Å². The van der Waals surface area contributed by atoms with Gasteiger partial charge in [-0.25, -0.2) is 0 Å². The quantitative estimate of drug-likeness (QED) is 0.770. The van der Waals surface area contributed by atoms with Crippen LogP contribution >= 0.6 is 0 Å². The molecule has 1 heterocycles. The van der Waals surface area contributed by atoms with Crippen LogP contribution in [0.25, 0.3) is 0 Å². The summed E-state index contributed by atoms with van der Waals surface area (Å²) >= 11 is 0. The minimum Gasteiger partial charge on any atom is -0.325 e. The molecule has 1 aromatic heterocycles. The molecule has 2 rings (SSSR count). The molecule has 88 valence electrons. The first-order chi connectivity index (χ1) is 7.50. The first-order valence-electron chi connectivity index (χ1n) is 6.27.